The van der Waals surface area contributed by atoms with E-state index in [4.69, 9.17) is 0 Å². The van der Waals surface area contributed by atoms with Crippen molar-refractivity contribution in [3.8, 4) is 0 Å². The fourth-order valence-corrected chi connectivity index (χ4v) is 2.74. The summed E-state index contributed by atoms with van der Waals surface area (Å²) >= 11 is 1.47. The van der Waals surface area contributed by atoms with Crippen molar-refractivity contribution >= 4 is 17.4 Å². The van der Waals surface area contributed by atoms with E-state index in [9.17, 15) is 10.1 Å². The van der Waals surface area contributed by atoms with Crippen LogP contribution < -0.4 is 0 Å². The van der Waals surface area contributed by atoms with Crippen molar-refractivity contribution in [1.82, 2.24) is 24.5 Å². The molecule has 0 aromatic carbocycles. The minimum atomic E-state index is -0.454. The van der Waals surface area contributed by atoms with Gasteiger partial charge in [0.15, 0.2) is 5.16 Å². The maximum Gasteiger partial charge on any atom is 0.307 e. The summed E-state index contributed by atoms with van der Waals surface area (Å²) in [6.45, 7) is 7.14. The van der Waals surface area contributed by atoms with Crippen molar-refractivity contribution in [3.63, 3.8) is 0 Å². The zero-order valence-electron chi connectivity index (χ0n) is 12.3. The van der Waals surface area contributed by atoms with Crippen LogP contribution in [0.25, 0.3) is 0 Å². The van der Waals surface area contributed by atoms with Crippen LogP contribution in [0.1, 0.15) is 38.9 Å². The molecule has 0 N–H and O–H groups in total. The van der Waals surface area contributed by atoms with Gasteiger partial charge in [0.1, 0.15) is 18.2 Å². The van der Waals surface area contributed by atoms with Crippen LogP contribution in [0.5, 0.6) is 0 Å². The second-order valence-corrected chi connectivity index (χ2v) is 5.83. The number of nitro groups is 1. The molecule has 2 rings (SSSR count). The van der Waals surface area contributed by atoms with Crippen molar-refractivity contribution < 1.29 is 4.92 Å². The van der Waals surface area contributed by atoms with E-state index in [-0.39, 0.29) is 5.69 Å². The lowest BCUT2D eigenvalue weighted by atomic mass is 10.2. The van der Waals surface area contributed by atoms with Gasteiger partial charge in [0.25, 0.3) is 0 Å². The van der Waals surface area contributed by atoms with Crippen LogP contribution in [0.4, 0.5) is 5.69 Å². The van der Waals surface area contributed by atoms with E-state index in [0.29, 0.717) is 11.8 Å². The fraction of sp³-hybridized carbons (Fsp3) is 0.583. The van der Waals surface area contributed by atoms with Gasteiger partial charge in [-0.2, -0.15) is 5.10 Å². The number of hydrogen-bond acceptors (Lipinski definition) is 6. The highest BCUT2D eigenvalue weighted by Crippen LogP contribution is 2.23. The van der Waals surface area contributed by atoms with Gasteiger partial charge in [-0.1, -0.05) is 32.5 Å². The average molecular weight is 310 g/mol. The van der Waals surface area contributed by atoms with E-state index in [2.05, 4.69) is 40.6 Å². The van der Waals surface area contributed by atoms with Crippen LogP contribution in [0.3, 0.4) is 0 Å². The first kappa shape index (κ1) is 15.5. The summed E-state index contributed by atoms with van der Waals surface area (Å²) in [6, 6.07) is 0. The Labute approximate surface area is 126 Å². The highest BCUT2D eigenvalue weighted by molar-refractivity contribution is 7.98. The van der Waals surface area contributed by atoms with Crippen molar-refractivity contribution in [3.05, 3.63) is 28.3 Å². The SMILES string of the molecule is CCCn1c(SCn2cc([N+](=O)[O-])cn2)nnc1C(C)C. The predicted octanol–water partition coefficient (Wildman–Crippen LogP) is 2.67. The van der Waals surface area contributed by atoms with Crippen LogP contribution >= 0.6 is 11.8 Å². The first-order chi connectivity index (χ1) is 10.0. The Morgan fingerprint density at radius 2 is 2.19 bits per heavy atom. The molecule has 0 aliphatic heterocycles. The molecule has 0 bridgehead atoms. The molecule has 21 heavy (non-hydrogen) atoms. The molecule has 0 fully saturated rings. The second-order valence-electron chi connectivity index (χ2n) is 4.92. The van der Waals surface area contributed by atoms with Gasteiger partial charge in [-0.15, -0.1) is 10.2 Å². The molecule has 114 valence electrons. The minimum Gasteiger partial charge on any atom is -0.306 e. The minimum absolute atomic E-state index is 0.00602. The Balaban J connectivity index is 2.10. The molecule has 2 aromatic rings. The lowest BCUT2D eigenvalue weighted by molar-refractivity contribution is -0.385. The summed E-state index contributed by atoms with van der Waals surface area (Å²) in [6.07, 6.45) is 3.66. The molecule has 2 heterocycles. The van der Waals surface area contributed by atoms with Crippen molar-refractivity contribution in [1.29, 1.82) is 0 Å². The maximum absolute atomic E-state index is 10.6. The summed E-state index contributed by atoms with van der Waals surface area (Å²) in [5.41, 5.74) is -0.00602. The topological polar surface area (TPSA) is 91.7 Å². The molecular weight excluding hydrogens is 292 g/mol. The van der Waals surface area contributed by atoms with E-state index in [1.807, 2.05) is 0 Å². The molecule has 0 radical (unpaired) electrons. The third kappa shape index (κ3) is 3.60. The highest BCUT2D eigenvalue weighted by Gasteiger charge is 2.15. The molecular formula is C12H18N6O2S. The summed E-state index contributed by atoms with van der Waals surface area (Å²) < 4.78 is 3.63. The van der Waals surface area contributed by atoms with Crippen LogP contribution in [-0.2, 0) is 12.4 Å². The van der Waals surface area contributed by atoms with E-state index in [0.717, 1.165) is 23.9 Å². The summed E-state index contributed by atoms with van der Waals surface area (Å²) in [5, 5.41) is 23.9. The maximum atomic E-state index is 10.6. The highest BCUT2D eigenvalue weighted by atomic mass is 32.2. The molecule has 0 saturated heterocycles. The first-order valence-electron chi connectivity index (χ1n) is 6.75. The molecule has 0 spiro atoms. The second kappa shape index (κ2) is 6.70. The summed E-state index contributed by atoms with van der Waals surface area (Å²) in [4.78, 5) is 10.2. The predicted molar refractivity (Wildman–Crippen MR) is 79.1 cm³/mol. The number of aromatic nitrogens is 5. The molecule has 0 aliphatic carbocycles. The van der Waals surface area contributed by atoms with Crippen LogP contribution in [0.2, 0.25) is 0 Å². The lowest BCUT2D eigenvalue weighted by Crippen LogP contribution is -2.07. The number of thioether (sulfide) groups is 1. The number of rotatable bonds is 7. The monoisotopic (exact) mass is 310 g/mol. The Bertz CT molecular complexity index is 621. The zero-order valence-corrected chi connectivity index (χ0v) is 13.1. The number of nitrogens with zero attached hydrogens (tertiary/aromatic N) is 6. The van der Waals surface area contributed by atoms with Gasteiger partial charge in [0, 0.05) is 12.5 Å². The fourth-order valence-electron chi connectivity index (χ4n) is 1.91. The first-order valence-corrected chi connectivity index (χ1v) is 7.74. The van der Waals surface area contributed by atoms with Crippen molar-refractivity contribution in [2.45, 2.75) is 50.7 Å². The Morgan fingerprint density at radius 3 is 2.76 bits per heavy atom. The van der Waals surface area contributed by atoms with Gasteiger partial charge >= 0.3 is 5.69 Å². The molecule has 2 aromatic heterocycles. The Kier molecular flexibility index (Phi) is 4.94. The molecule has 0 amide bonds. The molecule has 0 aliphatic rings. The van der Waals surface area contributed by atoms with E-state index < -0.39 is 4.92 Å². The molecule has 8 nitrogen and oxygen atoms in total. The number of hydrogen-bond donors (Lipinski definition) is 0. The lowest BCUT2D eigenvalue weighted by Gasteiger charge is -2.10. The van der Waals surface area contributed by atoms with Gasteiger partial charge in [0.05, 0.1) is 10.8 Å². The third-order valence-corrected chi connectivity index (χ3v) is 3.82. The molecule has 0 saturated carbocycles. The van der Waals surface area contributed by atoms with Gasteiger partial charge in [-0.05, 0) is 6.42 Å². The largest absolute Gasteiger partial charge is 0.307 e. The molecule has 9 heteroatoms. The average Bonchev–Trinajstić information content (AvgIpc) is 3.03. The van der Waals surface area contributed by atoms with Crippen molar-refractivity contribution in [2.75, 3.05) is 0 Å². The van der Waals surface area contributed by atoms with Crippen LogP contribution in [0, 0.1) is 10.1 Å². The van der Waals surface area contributed by atoms with Crippen LogP contribution in [0.15, 0.2) is 17.6 Å². The smallest absolute Gasteiger partial charge is 0.306 e. The zero-order chi connectivity index (χ0) is 15.4. The van der Waals surface area contributed by atoms with Crippen LogP contribution in [-0.4, -0.2) is 29.5 Å². The van der Waals surface area contributed by atoms with Gasteiger partial charge in [-0.3, -0.25) is 14.8 Å². The standard InChI is InChI=1S/C12H18N6O2S/c1-4-5-17-11(9(2)3)14-15-12(17)21-8-16-7-10(6-13-16)18(19)20/h6-7,9H,4-5,8H2,1-3H3. The summed E-state index contributed by atoms with van der Waals surface area (Å²) in [5.74, 6) is 1.74. The third-order valence-electron chi connectivity index (χ3n) is 2.87. The Hall–Kier alpha value is -1.90. The Morgan fingerprint density at radius 1 is 1.43 bits per heavy atom. The van der Waals surface area contributed by atoms with Gasteiger partial charge in [0.2, 0.25) is 0 Å². The molecule has 0 unspecified atom stereocenters. The van der Waals surface area contributed by atoms with Gasteiger partial charge in [-0.25, -0.2) is 0 Å². The van der Waals surface area contributed by atoms with E-state index in [1.54, 1.807) is 0 Å². The normalized spacial score (nSPS) is 11.2. The quantitative estimate of drug-likeness (QED) is 0.443. The van der Waals surface area contributed by atoms with E-state index >= 15 is 0 Å². The van der Waals surface area contributed by atoms with Gasteiger partial charge < -0.3 is 4.57 Å². The molecule has 0 atom stereocenters. The van der Waals surface area contributed by atoms with E-state index in [1.165, 1.54) is 28.8 Å². The van der Waals surface area contributed by atoms with Crippen molar-refractivity contribution in [2.24, 2.45) is 0 Å². The summed E-state index contributed by atoms with van der Waals surface area (Å²) in [7, 11) is 0.